The van der Waals surface area contributed by atoms with Crippen molar-refractivity contribution in [1.82, 2.24) is 19.7 Å². The molecule has 0 bridgehead atoms. The van der Waals surface area contributed by atoms with Crippen molar-refractivity contribution < 1.29 is 9.90 Å². The zero-order valence-electron chi connectivity index (χ0n) is 18.3. The lowest BCUT2D eigenvalue weighted by molar-refractivity contribution is 0.102. The smallest absolute Gasteiger partial charge is 0.259 e. The van der Waals surface area contributed by atoms with Crippen molar-refractivity contribution in [2.75, 3.05) is 11.1 Å². The number of hydrogen-bond acceptors (Lipinski definition) is 7. The van der Waals surface area contributed by atoms with E-state index < -0.39 is 5.91 Å². The number of nitrogens with one attached hydrogen (secondary N) is 1. The molecule has 0 spiro atoms. The Kier molecular flexibility index (Phi) is 6.96. The van der Waals surface area contributed by atoms with Crippen LogP contribution in [0.3, 0.4) is 0 Å². The lowest BCUT2D eigenvalue weighted by Crippen LogP contribution is -2.12. The number of para-hydroxylation sites is 1. The minimum atomic E-state index is -0.392. The number of carbonyl (C=O) groups excluding carboxylic acids is 1. The molecular weight excluding hydrogens is 461 g/mol. The van der Waals surface area contributed by atoms with E-state index in [0.717, 1.165) is 10.8 Å². The molecule has 1 atom stereocenters. The van der Waals surface area contributed by atoms with Crippen molar-refractivity contribution in [2.24, 2.45) is 0 Å². The highest BCUT2D eigenvalue weighted by Crippen LogP contribution is 2.33. The molecule has 172 valence electrons. The Morgan fingerprint density at radius 3 is 2.51 bits per heavy atom. The molecular formula is C25H20N7O2P. The molecule has 4 N–H and O–H groups in total. The average molecular weight is 481 g/mol. The first kappa shape index (κ1) is 23.4. The first-order valence-corrected chi connectivity index (χ1v) is 10.9. The van der Waals surface area contributed by atoms with Crippen LogP contribution in [0.15, 0.2) is 85.5 Å². The standard InChI is InChI=1S/C17H14N2O2.C8H6N5P/c18-15-13-9-5-4-6-11(13)10-14(16(15)20)17(21)19-12-7-2-1-3-8-12;9-3-6-4-12-13(8(6)14)7-5-10-1-2-11-7/h1-10,20H,18H2,(H,19,21);1-2,4-5H,14H2. The Morgan fingerprint density at radius 1 is 1.09 bits per heavy atom. The maximum absolute atomic E-state index is 12.3. The van der Waals surface area contributed by atoms with Gasteiger partial charge in [-0.05, 0) is 23.6 Å². The van der Waals surface area contributed by atoms with Crippen LogP contribution < -0.4 is 16.5 Å². The third-order valence-corrected chi connectivity index (χ3v) is 5.59. The van der Waals surface area contributed by atoms with Crippen molar-refractivity contribution in [2.45, 2.75) is 0 Å². The monoisotopic (exact) mass is 481 g/mol. The molecule has 2 heterocycles. The predicted molar refractivity (Wildman–Crippen MR) is 138 cm³/mol. The van der Waals surface area contributed by atoms with E-state index in [-0.39, 0.29) is 17.0 Å². The second-order valence-corrected chi connectivity index (χ2v) is 7.81. The van der Waals surface area contributed by atoms with E-state index in [1.165, 1.54) is 6.20 Å². The quantitative estimate of drug-likeness (QED) is 0.204. The van der Waals surface area contributed by atoms with Gasteiger partial charge in [-0.2, -0.15) is 10.4 Å². The Balaban J connectivity index is 0.000000179. The van der Waals surface area contributed by atoms with Crippen LogP contribution in [0.5, 0.6) is 5.75 Å². The molecule has 3 aromatic carbocycles. The van der Waals surface area contributed by atoms with E-state index in [1.54, 1.807) is 41.5 Å². The molecule has 5 rings (SSSR count). The molecule has 10 heteroatoms. The summed E-state index contributed by atoms with van der Waals surface area (Å²) in [4.78, 5) is 20.3. The van der Waals surface area contributed by atoms with Gasteiger partial charge in [0, 0.05) is 23.5 Å². The summed E-state index contributed by atoms with van der Waals surface area (Å²) in [5.41, 5.74) is 8.16. The normalized spacial score (nSPS) is 10.2. The zero-order valence-corrected chi connectivity index (χ0v) is 19.5. The van der Waals surface area contributed by atoms with Crippen molar-refractivity contribution in [3.63, 3.8) is 0 Å². The third-order valence-electron chi connectivity index (χ3n) is 5.03. The fraction of sp³-hybridized carbons (Fsp3) is 0. The number of anilines is 2. The summed E-state index contributed by atoms with van der Waals surface area (Å²) < 4.78 is 1.55. The van der Waals surface area contributed by atoms with E-state index in [2.05, 4.69) is 29.6 Å². The first-order valence-electron chi connectivity index (χ1n) is 10.4. The molecule has 5 aromatic rings. The Bertz CT molecular complexity index is 1530. The number of phenols is 1. The average Bonchev–Trinajstić information content (AvgIpc) is 3.28. The molecule has 0 aliphatic carbocycles. The Hall–Kier alpha value is -4.80. The van der Waals surface area contributed by atoms with Gasteiger partial charge in [0.25, 0.3) is 5.91 Å². The van der Waals surface area contributed by atoms with Gasteiger partial charge in [0.2, 0.25) is 0 Å². The lowest BCUT2D eigenvalue weighted by atomic mass is 10.0. The van der Waals surface area contributed by atoms with E-state index in [1.807, 2.05) is 48.5 Å². The van der Waals surface area contributed by atoms with Crippen LogP contribution >= 0.6 is 9.24 Å². The highest BCUT2D eigenvalue weighted by molar-refractivity contribution is 7.27. The van der Waals surface area contributed by atoms with E-state index in [4.69, 9.17) is 11.0 Å². The topological polar surface area (TPSA) is 143 Å². The minimum absolute atomic E-state index is 0.162. The molecule has 0 saturated heterocycles. The summed E-state index contributed by atoms with van der Waals surface area (Å²) in [6.07, 6.45) is 6.24. The summed E-state index contributed by atoms with van der Waals surface area (Å²) in [5, 5.41) is 27.2. The van der Waals surface area contributed by atoms with Crippen molar-refractivity contribution >= 4 is 42.7 Å². The number of nitrogens with two attached hydrogens (primary N) is 1. The number of rotatable bonds is 3. The molecule has 35 heavy (non-hydrogen) atoms. The molecule has 0 saturated carbocycles. The van der Waals surface area contributed by atoms with Gasteiger partial charge in [-0.15, -0.1) is 0 Å². The number of carbonyl (C=O) groups is 1. The number of nitrogens with zero attached hydrogens (tertiary/aromatic N) is 5. The number of aromatic hydroxyl groups is 1. The van der Waals surface area contributed by atoms with Crippen molar-refractivity contribution in [1.29, 1.82) is 5.26 Å². The number of nitriles is 1. The molecule has 1 amide bonds. The predicted octanol–water partition coefficient (Wildman–Crippen LogP) is 3.41. The van der Waals surface area contributed by atoms with Gasteiger partial charge in [-0.25, -0.2) is 9.67 Å². The number of amides is 1. The van der Waals surface area contributed by atoms with Crippen LogP contribution in [0.1, 0.15) is 15.9 Å². The number of nitrogen functional groups attached to an aromatic ring is 1. The number of aromatic nitrogens is 4. The summed E-state index contributed by atoms with van der Waals surface area (Å²) in [6.45, 7) is 0. The van der Waals surface area contributed by atoms with E-state index in [9.17, 15) is 9.90 Å². The van der Waals surface area contributed by atoms with E-state index >= 15 is 0 Å². The van der Waals surface area contributed by atoms with Crippen LogP contribution in [-0.4, -0.2) is 30.8 Å². The van der Waals surface area contributed by atoms with Crippen LogP contribution in [0.25, 0.3) is 16.6 Å². The number of phenolic OH excluding ortho intramolecular Hbond substituents is 1. The van der Waals surface area contributed by atoms with Crippen molar-refractivity contribution in [3.8, 4) is 17.6 Å². The molecule has 0 aliphatic rings. The van der Waals surface area contributed by atoms with Crippen LogP contribution in [0, 0.1) is 11.3 Å². The molecule has 1 unspecified atom stereocenters. The maximum atomic E-state index is 12.3. The van der Waals surface area contributed by atoms with E-state index in [0.29, 0.717) is 22.5 Å². The summed E-state index contributed by atoms with van der Waals surface area (Å²) in [6, 6.07) is 20.1. The highest BCUT2D eigenvalue weighted by atomic mass is 31.0. The van der Waals surface area contributed by atoms with Gasteiger partial charge in [-0.1, -0.05) is 51.7 Å². The fourth-order valence-electron chi connectivity index (χ4n) is 3.28. The van der Waals surface area contributed by atoms with Crippen molar-refractivity contribution in [3.05, 3.63) is 96.6 Å². The summed E-state index contributed by atoms with van der Waals surface area (Å²) >= 11 is 0. The van der Waals surface area contributed by atoms with Gasteiger partial charge in [0.1, 0.15) is 6.07 Å². The second-order valence-electron chi connectivity index (χ2n) is 7.26. The largest absolute Gasteiger partial charge is 0.505 e. The zero-order chi connectivity index (χ0) is 24.8. The van der Waals surface area contributed by atoms with Gasteiger partial charge < -0.3 is 16.2 Å². The molecule has 0 radical (unpaired) electrons. The van der Waals surface area contributed by atoms with Gasteiger partial charge in [0.15, 0.2) is 11.6 Å². The highest BCUT2D eigenvalue weighted by Gasteiger charge is 2.16. The number of fused-ring (bicyclic) bond motifs is 1. The third kappa shape index (κ3) is 5.08. The van der Waals surface area contributed by atoms with Crippen LogP contribution in [-0.2, 0) is 0 Å². The molecule has 0 aliphatic heterocycles. The SMILES string of the molecule is N#Cc1cnn(-c2cnccn2)c1P.Nc1c(O)c(C(=O)Nc2ccccc2)cc2ccccc12. The number of benzene rings is 3. The van der Waals surface area contributed by atoms with Gasteiger partial charge >= 0.3 is 0 Å². The summed E-state index contributed by atoms with van der Waals surface area (Å²) in [5.74, 6) is 0.0114. The fourth-order valence-corrected chi connectivity index (χ4v) is 3.62. The lowest BCUT2D eigenvalue weighted by Gasteiger charge is -2.11. The molecule has 2 aromatic heterocycles. The Morgan fingerprint density at radius 2 is 1.83 bits per heavy atom. The maximum Gasteiger partial charge on any atom is 0.259 e. The molecule has 9 nitrogen and oxygen atoms in total. The van der Waals surface area contributed by atoms with Gasteiger partial charge in [0.05, 0.1) is 34.6 Å². The number of hydrogen-bond donors (Lipinski definition) is 3. The second kappa shape index (κ2) is 10.4. The summed E-state index contributed by atoms with van der Waals surface area (Å²) in [7, 11) is 2.46. The van der Waals surface area contributed by atoms with Crippen LogP contribution in [0.2, 0.25) is 0 Å². The van der Waals surface area contributed by atoms with Crippen LogP contribution in [0.4, 0.5) is 11.4 Å². The molecule has 0 fully saturated rings. The van der Waals surface area contributed by atoms with Gasteiger partial charge in [-0.3, -0.25) is 9.78 Å². The minimum Gasteiger partial charge on any atom is -0.505 e. The Labute approximate surface area is 203 Å². The first-order chi connectivity index (χ1) is 17.0.